The summed E-state index contributed by atoms with van der Waals surface area (Å²) < 4.78 is 0. The van der Waals surface area contributed by atoms with Gasteiger partial charge < -0.3 is 0 Å². The molecule has 1 heterocycles. The number of allylic oxidation sites excluding steroid dienone is 1. The van der Waals surface area contributed by atoms with Crippen LogP contribution in [0, 0.1) is 22.7 Å². The van der Waals surface area contributed by atoms with E-state index in [2.05, 4.69) is 44.0 Å². The molecule has 128 valence electrons. The summed E-state index contributed by atoms with van der Waals surface area (Å²) in [6.45, 7) is 6.94. The molecule has 0 radical (unpaired) electrons. The minimum atomic E-state index is 0.316. The van der Waals surface area contributed by atoms with E-state index in [0.717, 1.165) is 29.0 Å². The molecular weight excluding hydrogens is 324 g/mol. The Bertz CT molecular complexity index is 829. The molecular formula is C22H24N2S. The monoisotopic (exact) mass is 348 g/mol. The first-order valence-corrected chi connectivity index (χ1v) is 9.61. The number of nitrogens with zero attached hydrogens (tertiary/aromatic N) is 2. The van der Waals surface area contributed by atoms with Crippen molar-refractivity contribution in [2.45, 2.75) is 40.0 Å². The van der Waals surface area contributed by atoms with Crippen LogP contribution in [0.5, 0.6) is 0 Å². The van der Waals surface area contributed by atoms with E-state index in [1.165, 1.54) is 16.9 Å². The van der Waals surface area contributed by atoms with Crippen molar-refractivity contribution in [3.63, 3.8) is 0 Å². The summed E-state index contributed by atoms with van der Waals surface area (Å²) in [6.07, 6.45) is 9.01. The maximum absolute atomic E-state index is 9.59. The van der Waals surface area contributed by atoms with Gasteiger partial charge in [0.15, 0.2) is 0 Å². The molecule has 0 saturated carbocycles. The fourth-order valence-corrected chi connectivity index (χ4v) is 4.58. The van der Waals surface area contributed by atoms with Gasteiger partial charge in [0.2, 0.25) is 0 Å². The molecule has 1 aliphatic rings. The zero-order valence-electron chi connectivity index (χ0n) is 15.1. The van der Waals surface area contributed by atoms with E-state index >= 15 is 0 Å². The number of hydrogen-bond donors (Lipinski definition) is 0. The van der Waals surface area contributed by atoms with Gasteiger partial charge in [0, 0.05) is 11.1 Å². The lowest BCUT2D eigenvalue weighted by molar-refractivity contribution is 0.218. The largest absolute Gasteiger partial charge is 0.245 e. The summed E-state index contributed by atoms with van der Waals surface area (Å²) in [4.78, 5) is 5.93. The van der Waals surface area contributed by atoms with Crippen LogP contribution in [0.3, 0.4) is 0 Å². The number of benzene rings is 1. The lowest BCUT2D eigenvalue weighted by Gasteiger charge is -2.33. The van der Waals surface area contributed by atoms with E-state index in [9.17, 15) is 5.26 Å². The summed E-state index contributed by atoms with van der Waals surface area (Å²) in [5.74, 6) is 0.681. The molecule has 1 atom stereocenters. The summed E-state index contributed by atoms with van der Waals surface area (Å²) in [5, 5.41) is 10.4. The highest BCUT2D eigenvalue weighted by molar-refractivity contribution is 7.16. The van der Waals surface area contributed by atoms with E-state index in [1.54, 1.807) is 17.6 Å². The van der Waals surface area contributed by atoms with Gasteiger partial charge in [-0.05, 0) is 47.8 Å². The quantitative estimate of drug-likeness (QED) is 0.609. The molecule has 2 aromatic rings. The van der Waals surface area contributed by atoms with Crippen LogP contribution in [0.15, 0.2) is 41.4 Å². The molecule has 0 aliphatic heterocycles. The Hall–Kier alpha value is -2.18. The molecule has 0 N–H and O–H groups in total. The van der Waals surface area contributed by atoms with E-state index < -0.39 is 0 Å². The number of hydrogen-bond acceptors (Lipinski definition) is 3. The molecule has 0 amide bonds. The second kappa shape index (κ2) is 7.37. The minimum Gasteiger partial charge on any atom is -0.245 e. The highest BCUT2D eigenvalue weighted by Gasteiger charge is 2.31. The molecule has 2 nitrogen and oxygen atoms in total. The topological polar surface area (TPSA) is 36.1 Å². The molecule has 3 rings (SSSR count). The molecule has 3 heteroatoms. The molecule has 1 aliphatic carbocycles. The Morgan fingerprint density at radius 2 is 2.00 bits per heavy atom. The van der Waals surface area contributed by atoms with Crippen molar-refractivity contribution in [1.29, 1.82) is 5.26 Å². The Kier molecular flexibility index (Phi) is 5.20. The predicted octanol–water partition coefficient (Wildman–Crippen LogP) is 6.19. The molecule has 25 heavy (non-hydrogen) atoms. The van der Waals surface area contributed by atoms with E-state index in [4.69, 9.17) is 0 Å². The van der Waals surface area contributed by atoms with Crippen LogP contribution in [0.4, 0.5) is 5.00 Å². The lowest BCUT2D eigenvalue weighted by Crippen LogP contribution is -2.26. The van der Waals surface area contributed by atoms with Crippen molar-refractivity contribution in [2.75, 3.05) is 0 Å². The number of aliphatic imine (C=N–C) groups is 1. The second-order valence-corrected chi connectivity index (χ2v) is 8.73. The third-order valence-corrected chi connectivity index (χ3v) is 6.11. The lowest BCUT2D eigenvalue weighted by atomic mass is 9.72. The van der Waals surface area contributed by atoms with Crippen LogP contribution in [0.25, 0.3) is 6.08 Å². The smallest absolute Gasteiger partial charge is 0.134 e. The average molecular weight is 349 g/mol. The van der Waals surface area contributed by atoms with Crippen molar-refractivity contribution in [3.8, 4) is 6.07 Å². The van der Waals surface area contributed by atoms with Crippen molar-refractivity contribution < 1.29 is 0 Å². The summed E-state index contributed by atoms with van der Waals surface area (Å²) in [6, 6.07) is 12.5. The second-order valence-electron chi connectivity index (χ2n) is 7.65. The zero-order chi connectivity index (χ0) is 17.9. The number of fused-ring (bicyclic) bond motifs is 1. The molecule has 0 saturated heterocycles. The SMILES string of the molecule is CC(C)(C)C1CCc2c(sc(/N=C/C=C/c3ccccc3)c2C#N)C1. The van der Waals surface area contributed by atoms with Crippen molar-refractivity contribution in [3.05, 3.63) is 58.0 Å². The van der Waals surface area contributed by atoms with E-state index in [1.807, 2.05) is 30.4 Å². The molecule has 1 aromatic heterocycles. The third kappa shape index (κ3) is 4.08. The normalized spacial score (nSPS) is 17.8. The molecule has 0 bridgehead atoms. The maximum atomic E-state index is 9.59. The van der Waals surface area contributed by atoms with Gasteiger partial charge in [-0.15, -0.1) is 11.3 Å². The molecule has 0 fully saturated rings. The fourth-order valence-electron chi connectivity index (χ4n) is 3.35. The zero-order valence-corrected chi connectivity index (χ0v) is 15.9. The average Bonchev–Trinajstić information content (AvgIpc) is 2.95. The van der Waals surface area contributed by atoms with Crippen LogP contribution in [0.2, 0.25) is 0 Å². The first kappa shape index (κ1) is 17.6. The summed E-state index contributed by atoms with van der Waals surface area (Å²) in [5.41, 5.74) is 3.49. The van der Waals surface area contributed by atoms with Crippen LogP contribution in [-0.4, -0.2) is 6.21 Å². The fraction of sp³-hybridized carbons (Fsp3) is 0.364. The van der Waals surface area contributed by atoms with Gasteiger partial charge in [-0.2, -0.15) is 5.26 Å². The predicted molar refractivity (Wildman–Crippen MR) is 108 cm³/mol. The van der Waals surface area contributed by atoms with Gasteiger partial charge >= 0.3 is 0 Å². The highest BCUT2D eigenvalue weighted by Crippen LogP contribution is 2.44. The Morgan fingerprint density at radius 1 is 1.24 bits per heavy atom. The Labute approximate surface area is 154 Å². The van der Waals surface area contributed by atoms with Gasteiger partial charge in [-0.3, -0.25) is 0 Å². The standard InChI is InChI=1S/C22H24N2S/c1-22(2,3)17-11-12-18-19(15-23)21(25-20(18)14-17)24-13-7-10-16-8-5-4-6-9-16/h4-10,13,17H,11-12,14H2,1-3H3/b10-7+,24-13+. The number of nitriles is 1. The van der Waals surface area contributed by atoms with Crippen molar-refractivity contribution in [2.24, 2.45) is 16.3 Å². The van der Waals surface area contributed by atoms with Gasteiger partial charge in [-0.1, -0.05) is 57.2 Å². The highest BCUT2D eigenvalue weighted by atomic mass is 32.1. The number of thiophene rings is 1. The van der Waals surface area contributed by atoms with Crippen LogP contribution < -0.4 is 0 Å². The summed E-state index contributed by atoms with van der Waals surface area (Å²) >= 11 is 1.70. The van der Waals surface area contributed by atoms with Gasteiger partial charge in [0.05, 0.1) is 5.56 Å². The minimum absolute atomic E-state index is 0.316. The van der Waals surface area contributed by atoms with Crippen LogP contribution in [-0.2, 0) is 12.8 Å². The first-order chi connectivity index (χ1) is 12.0. The van der Waals surface area contributed by atoms with Gasteiger partial charge in [-0.25, -0.2) is 4.99 Å². The van der Waals surface area contributed by atoms with Crippen molar-refractivity contribution >= 4 is 28.6 Å². The first-order valence-electron chi connectivity index (χ1n) is 8.79. The molecule has 1 aromatic carbocycles. The van der Waals surface area contributed by atoms with E-state index in [0.29, 0.717) is 11.3 Å². The van der Waals surface area contributed by atoms with E-state index in [-0.39, 0.29) is 0 Å². The Morgan fingerprint density at radius 3 is 2.68 bits per heavy atom. The summed E-state index contributed by atoms with van der Waals surface area (Å²) in [7, 11) is 0. The van der Waals surface area contributed by atoms with Crippen molar-refractivity contribution in [1.82, 2.24) is 0 Å². The molecule has 1 unspecified atom stereocenters. The number of rotatable bonds is 3. The van der Waals surface area contributed by atoms with Gasteiger partial charge in [0.25, 0.3) is 0 Å². The third-order valence-electron chi connectivity index (χ3n) is 4.95. The van der Waals surface area contributed by atoms with Crippen LogP contribution >= 0.6 is 11.3 Å². The maximum Gasteiger partial charge on any atom is 0.134 e. The van der Waals surface area contributed by atoms with Gasteiger partial charge in [0.1, 0.15) is 11.1 Å². The molecule has 0 spiro atoms. The van der Waals surface area contributed by atoms with Crippen LogP contribution in [0.1, 0.15) is 48.8 Å². The Balaban J connectivity index is 1.79.